The maximum absolute atomic E-state index is 6.62. The highest BCUT2D eigenvalue weighted by atomic mass is 16.7. The van der Waals surface area contributed by atoms with Crippen LogP contribution in [0.3, 0.4) is 0 Å². The van der Waals surface area contributed by atoms with Crippen LogP contribution in [0.1, 0.15) is 65.2 Å². The van der Waals surface area contributed by atoms with E-state index < -0.39 is 23.1 Å². The van der Waals surface area contributed by atoms with Crippen LogP contribution in [0.25, 0.3) is 0 Å². The summed E-state index contributed by atoms with van der Waals surface area (Å²) in [4.78, 5) is 0. The minimum atomic E-state index is -0.585. The number of hydrogen-bond donors (Lipinski definition) is 0. The third-order valence-electron chi connectivity index (χ3n) is 7.45. The molecule has 1 aromatic rings. The Morgan fingerprint density at radius 2 is 1.78 bits per heavy atom. The van der Waals surface area contributed by atoms with Gasteiger partial charge in [0, 0.05) is 19.8 Å². The van der Waals surface area contributed by atoms with Gasteiger partial charge in [0.15, 0.2) is 6.29 Å². The van der Waals surface area contributed by atoms with Gasteiger partial charge in [-0.15, -0.1) is 6.58 Å². The Hall–Kier alpha value is -1.52. The third-order valence-corrected chi connectivity index (χ3v) is 7.45. The first-order chi connectivity index (χ1) is 17.1. The number of rotatable bonds is 14. The first-order valence-electron chi connectivity index (χ1n) is 12.6. The summed E-state index contributed by atoms with van der Waals surface area (Å²) in [6, 6.07) is 7.78. The van der Waals surface area contributed by atoms with Crippen molar-refractivity contribution in [1.82, 2.24) is 0 Å². The van der Waals surface area contributed by atoms with E-state index in [2.05, 4.69) is 34.3 Å². The second-order valence-electron chi connectivity index (χ2n) is 10.5. The minimum absolute atomic E-state index is 0.117. The van der Waals surface area contributed by atoms with Crippen LogP contribution in [0.4, 0.5) is 0 Å². The summed E-state index contributed by atoms with van der Waals surface area (Å²) in [5.41, 5.74) is -0.599. The van der Waals surface area contributed by atoms with Crippen LogP contribution in [0.15, 0.2) is 36.9 Å². The number of benzene rings is 1. The maximum atomic E-state index is 6.62. The Morgan fingerprint density at radius 3 is 2.39 bits per heavy atom. The molecule has 0 N–H and O–H groups in total. The smallest absolute Gasteiger partial charge is 0.185 e. The van der Waals surface area contributed by atoms with Crippen molar-refractivity contribution in [1.29, 1.82) is 0 Å². The Kier molecular flexibility index (Phi) is 9.96. The van der Waals surface area contributed by atoms with Gasteiger partial charge >= 0.3 is 0 Å². The molecule has 1 aromatic carbocycles. The van der Waals surface area contributed by atoms with Gasteiger partial charge in [-0.1, -0.05) is 18.2 Å². The molecule has 2 fully saturated rings. The van der Waals surface area contributed by atoms with Gasteiger partial charge in [-0.25, -0.2) is 0 Å². The van der Waals surface area contributed by atoms with E-state index in [-0.39, 0.29) is 31.9 Å². The molecule has 0 bridgehead atoms. The van der Waals surface area contributed by atoms with Gasteiger partial charge in [-0.05, 0) is 65.5 Å². The zero-order valence-corrected chi connectivity index (χ0v) is 22.9. The molecular weight excluding hydrogens is 464 g/mol. The molecule has 0 saturated carbocycles. The average molecular weight is 509 g/mol. The molecular formula is C28H44O8. The quantitative estimate of drug-likeness (QED) is 0.252. The lowest BCUT2D eigenvalue weighted by atomic mass is 9.86. The minimum Gasteiger partial charge on any atom is -0.497 e. The van der Waals surface area contributed by atoms with E-state index >= 15 is 0 Å². The topological polar surface area (TPSA) is 73.8 Å². The Bertz CT molecular complexity index is 827. The molecule has 0 spiro atoms. The van der Waals surface area contributed by atoms with Crippen LogP contribution in [-0.2, 0) is 33.2 Å². The number of hydrogen-bond acceptors (Lipinski definition) is 8. The van der Waals surface area contributed by atoms with Crippen molar-refractivity contribution in [2.45, 2.75) is 94.8 Å². The summed E-state index contributed by atoms with van der Waals surface area (Å²) >= 11 is 0. The van der Waals surface area contributed by atoms with Crippen molar-refractivity contribution in [3.05, 3.63) is 42.5 Å². The number of ether oxygens (including phenoxy) is 8. The summed E-state index contributed by atoms with van der Waals surface area (Å²) in [5, 5.41) is 0. The van der Waals surface area contributed by atoms with Gasteiger partial charge < -0.3 is 37.9 Å². The van der Waals surface area contributed by atoms with Crippen LogP contribution in [0, 0.1) is 0 Å². The monoisotopic (exact) mass is 508 g/mol. The third kappa shape index (κ3) is 6.67. The molecule has 204 valence electrons. The molecule has 0 amide bonds. The molecule has 2 saturated heterocycles. The van der Waals surface area contributed by atoms with Crippen LogP contribution in [-0.4, -0.2) is 70.0 Å². The van der Waals surface area contributed by atoms with Gasteiger partial charge in [0.05, 0.1) is 36.1 Å². The molecule has 8 heteroatoms. The Balaban J connectivity index is 1.68. The van der Waals surface area contributed by atoms with Gasteiger partial charge in [-0.3, -0.25) is 0 Å². The molecule has 2 heterocycles. The predicted octanol–water partition coefficient (Wildman–Crippen LogP) is 5.16. The fraction of sp³-hybridized carbons (Fsp3) is 0.714. The molecule has 0 radical (unpaired) electrons. The van der Waals surface area contributed by atoms with E-state index in [0.29, 0.717) is 6.42 Å². The van der Waals surface area contributed by atoms with Crippen molar-refractivity contribution in [3.63, 3.8) is 0 Å². The van der Waals surface area contributed by atoms with Crippen molar-refractivity contribution in [3.8, 4) is 5.75 Å². The molecule has 1 unspecified atom stereocenters. The fourth-order valence-electron chi connectivity index (χ4n) is 5.09. The molecule has 36 heavy (non-hydrogen) atoms. The number of methoxy groups -OCH3 is 3. The van der Waals surface area contributed by atoms with Crippen molar-refractivity contribution in [2.24, 2.45) is 0 Å². The molecule has 6 atom stereocenters. The van der Waals surface area contributed by atoms with Crippen molar-refractivity contribution in [2.75, 3.05) is 34.9 Å². The van der Waals surface area contributed by atoms with E-state index in [4.69, 9.17) is 37.9 Å². The van der Waals surface area contributed by atoms with Gasteiger partial charge in [0.1, 0.15) is 25.4 Å². The molecule has 8 nitrogen and oxygen atoms in total. The van der Waals surface area contributed by atoms with Crippen LogP contribution in [0.2, 0.25) is 0 Å². The summed E-state index contributed by atoms with van der Waals surface area (Å²) in [5.74, 6) is 0.800. The van der Waals surface area contributed by atoms with E-state index in [1.807, 2.05) is 24.3 Å². The zero-order valence-electron chi connectivity index (χ0n) is 22.9. The highest BCUT2D eigenvalue weighted by molar-refractivity contribution is 5.28. The summed E-state index contributed by atoms with van der Waals surface area (Å²) in [7, 11) is 4.88. The normalized spacial score (nSPS) is 30.1. The lowest BCUT2D eigenvalue weighted by molar-refractivity contribution is -0.213. The van der Waals surface area contributed by atoms with Crippen molar-refractivity contribution < 1.29 is 37.9 Å². The largest absolute Gasteiger partial charge is 0.497 e. The summed E-state index contributed by atoms with van der Waals surface area (Å²) in [6.45, 7) is 12.6. The molecule has 3 rings (SSSR count). The Morgan fingerprint density at radius 1 is 1.08 bits per heavy atom. The van der Waals surface area contributed by atoms with Crippen LogP contribution < -0.4 is 4.74 Å². The second kappa shape index (κ2) is 12.3. The SMILES string of the molecule is C=C[C@@H](OCOC)[C@]1(C)CC[C@H]([C@](C)(CC[C@H]2OC(c3ccc(OC)cc3)OC2(C)C)OCOC)O1. The lowest BCUT2D eigenvalue weighted by Gasteiger charge is -2.39. The predicted molar refractivity (Wildman–Crippen MR) is 136 cm³/mol. The van der Waals surface area contributed by atoms with E-state index in [1.54, 1.807) is 27.4 Å². The van der Waals surface area contributed by atoms with Crippen LogP contribution in [0.5, 0.6) is 5.75 Å². The van der Waals surface area contributed by atoms with Gasteiger partial charge in [-0.2, -0.15) is 0 Å². The van der Waals surface area contributed by atoms with Crippen LogP contribution >= 0.6 is 0 Å². The first-order valence-corrected chi connectivity index (χ1v) is 12.6. The maximum Gasteiger partial charge on any atom is 0.185 e. The van der Waals surface area contributed by atoms with E-state index in [0.717, 1.165) is 30.6 Å². The fourth-order valence-corrected chi connectivity index (χ4v) is 5.09. The molecule has 2 aliphatic rings. The van der Waals surface area contributed by atoms with Crippen molar-refractivity contribution >= 4 is 0 Å². The Labute approximate surface area is 216 Å². The highest BCUT2D eigenvalue weighted by Gasteiger charge is 2.51. The molecule has 0 aliphatic carbocycles. The van der Waals surface area contributed by atoms with E-state index in [9.17, 15) is 0 Å². The summed E-state index contributed by atoms with van der Waals surface area (Å²) < 4.78 is 47.1. The highest BCUT2D eigenvalue weighted by Crippen LogP contribution is 2.45. The summed E-state index contributed by atoms with van der Waals surface area (Å²) in [6.07, 6.45) is 3.89. The van der Waals surface area contributed by atoms with Gasteiger partial charge in [0.25, 0.3) is 0 Å². The van der Waals surface area contributed by atoms with Gasteiger partial charge in [0.2, 0.25) is 0 Å². The lowest BCUT2D eigenvalue weighted by Crippen LogP contribution is -2.48. The van der Waals surface area contributed by atoms with E-state index in [1.165, 1.54) is 0 Å². The second-order valence-corrected chi connectivity index (χ2v) is 10.5. The molecule has 2 aliphatic heterocycles. The average Bonchev–Trinajstić information content (AvgIpc) is 3.42. The zero-order chi connectivity index (χ0) is 26.4. The standard InChI is InChI=1S/C28H44O8/c1-9-22(32-18-29-6)28(5)17-15-24(35-28)27(4,33-19-30-7)16-14-23-26(2,3)36-25(34-23)20-10-12-21(31-8)13-11-20/h9-13,22-25H,1,14-19H2,2-8H3/t22-,23-,24-,25?,27+,28+/m1/s1. The molecule has 0 aromatic heterocycles. The first kappa shape index (κ1) is 29.0.